The van der Waals surface area contributed by atoms with Crippen LogP contribution in [0.3, 0.4) is 0 Å². The van der Waals surface area contributed by atoms with Gasteiger partial charge in [-0.15, -0.1) is 0 Å². The average molecular weight is 698 g/mol. The van der Waals surface area contributed by atoms with Crippen LogP contribution in [0.2, 0.25) is 0 Å². The summed E-state index contributed by atoms with van der Waals surface area (Å²) in [6.45, 7) is 4.54. The fourth-order valence-electron chi connectivity index (χ4n) is 8.12. The van der Waals surface area contributed by atoms with Crippen LogP contribution in [0.15, 0.2) is 156 Å². The number of para-hydroxylation sites is 2. The minimum absolute atomic E-state index is 0.155. The molecule has 0 saturated heterocycles. The zero-order valence-corrected chi connectivity index (χ0v) is 29.5. The first-order valence-corrected chi connectivity index (χ1v) is 18.1. The lowest BCUT2D eigenvalue weighted by Gasteiger charge is -2.26. The Labute approximate surface area is 311 Å². The molecule has 6 heteroatoms. The maximum Gasteiger partial charge on any atom is 0.178 e. The van der Waals surface area contributed by atoms with Crippen LogP contribution < -0.4 is 9.47 Å². The molecule has 0 amide bonds. The minimum atomic E-state index is -0.155. The highest BCUT2D eigenvalue weighted by atomic mass is 16.6. The van der Waals surface area contributed by atoms with Crippen molar-refractivity contribution in [1.29, 1.82) is 0 Å². The molecular weight excluding hydrogens is 667 g/mol. The number of aromatic nitrogens is 3. The quantitative estimate of drug-likeness (QED) is 0.182. The van der Waals surface area contributed by atoms with Gasteiger partial charge in [0.25, 0.3) is 0 Å². The van der Waals surface area contributed by atoms with Crippen molar-refractivity contribution in [3.8, 4) is 79.4 Å². The number of nitrogens with zero attached hydrogens (tertiary/aromatic N) is 3. The van der Waals surface area contributed by atoms with Gasteiger partial charge in [-0.3, -0.25) is 0 Å². The fraction of sp³-hybridized carbons (Fsp3) is 0.0625. The third-order valence-electron chi connectivity index (χ3n) is 10.8. The molecule has 0 fully saturated rings. The average Bonchev–Trinajstić information content (AvgIpc) is 3.71. The van der Waals surface area contributed by atoms with Crippen molar-refractivity contribution in [2.75, 3.05) is 0 Å². The number of hydrogen-bond donors (Lipinski definition) is 0. The largest absolute Gasteiger partial charge is 0.456 e. The summed E-state index contributed by atoms with van der Waals surface area (Å²) in [4.78, 5) is 15.1. The van der Waals surface area contributed by atoms with Crippen molar-refractivity contribution in [2.24, 2.45) is 0 Å². The van der Waals surface area contributed by atoms with Gasteiger partial charge in [0, 0.05) is 44.0 Å². The number of rotatable bonds is 4. The summed E-state index contributed by atoms with van der Waals surface area (Å²) in [5.74, 6) is 4.53. The first-order chi connectivity index (χ1) is 26.5. The van der Waals surface area contributed by atoms with Gasteiger partial charge in [-0.1, -0.05) is 129 Å². The van der Waals surface area contributed by atoms with E-state index in [9.17, 15) is 0 Å². The molecule has 11 rings (SSSR count). The molecule has 0 radical (unpaired) electrons. The zero-order chi connectivity index (χ0) is 36.0. The molecule has 0 N–H and O–H groups in total. The molecule has 1 aliphatic carbocycles. The summed E-state index contributed by atoms with van der Waals surface area (Å²) in [6.07, 6.45) is 0. The van der Waals surface area contributed by atoms with E-state index in [1.807, 2.05) is 84.9 Å². The van der Waals surface area contributed by atoms with E-state index < -0.39 is 0 Å². The van der Waals surface area contributed by atoms with Crippen LogP contribution in [-0.4, -0.2) is 15.0 Å². The van der Waals surface area contributed by atoms with Gasteiger partial charge >= 0.3 is 0 Å². The van der Waals surface area contributed by atoms with Crippen LogP contribution in [0.25, 0.3) is 78.4 Å². The van der Waals surface area contributed by atoms with Crippen LogP contribution in [0.5, 0.6) is 23.0 Å². The predicted octanol–water partition coefficient (Wildman–Crippen LogP) is 12.6. The van der Waals surface area contributed by atoms with E-state index in [1.54, 1.807) is 0 Å². The molecule has 6 nitrogen and oxygen atoms in total. The molecule has 0 saturated carbocycles. The number of benzene rings is 7. The van der Waals surface area contributed by atoms with Crippen molar-refractivity contribution < 1.29 is 13.9 Å². The van der Waals surface area contributed by atoms with Gasteiger partial charge in [0.05, 0.1) is 0 Å². The van der Waals surface area contributed by atoms with E-state index in [2.05, 4.69) is 80.6 Å². The molecule has 3 heterocycles. The van der Waals surface area contributed by atoms with Crippen LogP contribution >= 0.6 is 0 Å². The van der Waals surface area contributed by atoms with Crippen LogP contribution in [0.1, 0.15) is 25.0 Å². The number of fused-ring (bicyclic) bond motifs is 9. The summed E-state index contributed by atoms with van der Waals surface area (Å²) in [7, 11) is 0. The van der Waals surface area contributed by atoms with Gasteiger partial charge in [-0.05, 0) is 58.7 Å². The van der Waals surface area contributed by atoms with E-state index in [-0.39, 0.29) is 5.41 Å². The lowest BCUT2D eigenvalue weighted by atomic mass is 9.82. The molecule has 0 spiro atoms. The summed E-state index contributed by atoms with van der Waals surface area (Å²) >= 11 is 0. The molecule has 54 heavy (non-hydrogen) atoms. The van der Waals surface area contributed by atoms with Crippen molar-refractivity contribution in [2.45, 2.75) is 19.3 Å². The monoisotopic (exact) mass is 697 g/mol. The molecule has 0 atom stereocenters. The Kier molecular flexibility index (Phi) is 6.49. The Bertz CT molecular complexity index is 2980. The highest BCUT2D eigenvalue weighted by Gasteiger charge is 2.39. The second-order valence-corrected chi connectivity index (χ2v) is 14.4. The summed E-state index contributed by atoms with van der Waals surface area (Å²) in [5, 5.41) is 2.13. The lowest BCUT2D eigenvalue weighted by Crippen LogP contribution is -2.15. The van der Waals surface area contributed by atoms with Crippen LogP contribution in [0.4, 0.5) is 0 Å². The molecule has 0 unspecified atom stereocenters. The standard InChI is InChI=1S/C48H31N3O3/c1-48(2)36-19-8-6-17-35(36)42-37(48)24-25-40-44(42)54-43-32(18-11-21-39(43)53-40)29-14-10-15-30(26-29)46-49-45(28-12-4-3-5-13-28)50-47(51-46)31-22-23-34-33-16-7-9-20-38(33)52-41(34)27-31/h3-27H,1-2H3. The van der Waals surface area contributed by atoms with Crippen molar-refractivity contribution in [3.05, 3.63) is 163 Å². The Morgan fingerprint density at radius 2 is 1.07 bits per heavy atom. The maximum atomic E-state index is 6.94. The molecule has 2 aliphatic rings. The number of furan rings is 1. The van der Waals surface area contributed by atoms with Gasteiger partial charge in [0.1, 0.15) is 11.2 Å². The lowest BCUT2D eigenvalue weighted by molar-refractivity contribution is 0.361. The van der Waals surface area contributed by atoms with Gasteiger partial charge < -0.3 is 13.9 Å². The first-order valence-electron chi connectivity index (χ1n) is 18.1. The summed E-state index contributed by atoms with van der Waals surface area (Å²) < 4.78 is 19.7. The Morgan fingerprint density at radius 1 is 0.426 bits per heavy atom. The third-order valence-corrected chi connectivity index (χ3v) is 10.8. The Balaban J connectivity index is 1.03. The highest BCUT2D eigenvalue weighted by molar-refractivity contribution is 6.05. The number of hydrogen-bond acceptors (Lipinski definition) is 6. The third kappa shape index (κ3) is 4.63. The summed E-state index contributed by atoms with van der Waals surface area (Å²) in [6, 6.07) is 51.3. The SMILES string of the molecule is CC1(C)c2ccccc2-c2c1ccc1c2Oc2c(cccc2-c2cccc(-c3nc(-c4ccccc4)nc(-c4ccc5c(c4)oc4ccccc45)n3)c2)O1. The van der Waals surface area contributed by atoms with Gasteiger partial charge in [0.15, 0.2) is 40.5 Å². The predicted molar refractivity (Wildman–Crippen MR) is 213 cm³/mol. The van der Waals surface area contributed by atoms with E-state index in [0.29, 0.717) is 34.7 Å². The fourth-order valence-corrected chi connectivity index (χ4v) is 8.12. The van der Waals surface area contributed by atoms with Gasteiger partial charge in [-0.25, -0.2) is 15.0 Å². The number of ether oxygens (including phenoxy) is 2. The molecule has 2 aromatic heterocycles. The normalized spacial score (nSPS) is 13.4. The summed E-state index contributed by atoms with van der Waals surface area (Å²) in [5.41, 5.74) is 10.7. The molecule has 256 valence electrons. The molecule has 7 aromatic carbocycles. The Hall–Kier alpha value is -7.05. The Morgan fingerprint density at radius 3 is 1.94 bits per heavy atom. The molecule has 1 aliphatic heterocycles. The topological polar surface area (TPSA) is 70.3 Å². The van der Waals surface area contributed by atoms with Gasteiger partial charge in [0.2, 0.25) is 0 Å². The van der Waals surface area contributed by atoms with Crippen LogP contribution in [0, 0.1) is 0 Å². The molecule has 9 aromatic rings. The highest BCUT2D eigenvalue weighted by Crippen LogP contribution is 2.59. The smallest absolute Gasteiger partial charge is 0.178 e. The van der Waals surface area contributed by atoms with Crippen LogP contribution in [-0.2, 0) is 5.41 Å². The van der Waals surface area contributed by atoms with E-state index in [0.717, 1.165) is 61.1 Å². The zero-order valence-electron chi connectivity index (χ0n) is 29.5. The van der Waals surface area contributed by atoms with E-state index >= 15 is 0 Å². The van der Waals surface area contributed by atoms with Crippen molar-refractivity contribution in [3.63, 3.8) is 0 Å². The second kappa shape index (κ2) is 11.5. The molecular formula is C48H31N3O3. The van der Waals surface area contributed by atoms with Crippen molar-refractivity contribution >= 4 is 21.9 Å². The van der Waals surface area contributed by atoms with E-state index in [1.165, 1.54) is 16.7 Å². The minimum Gasteiger partial charge on any atom is -0.456 e. The molecule has 0 bridgehead atoms. The van der Waals surface area contributed by atoms with E-state index in [4.69, 9.17) is 28.8 Å². The van der Waals surface area contributed by atoms with Crippen molar-refractivity contribution in [1.82, 2.24) is 15.0 Å². The second-order valence-electron chi connectivity index (χ2n) is 14.4. The maximum absolute atomic E-state index is 6.94. The van der Waals surface area contributed by atoms with Gasteiger partial charge in [-0.2, -0.15) is 0 Å². The first kappa shape index (κ1) is 30.6.